The molecule has 2 aliphatic rings. The lowest BCUT2D eigenvalue weighted by Crippen LogP contribution is -2.44. The minimum absolute atomic E-state index is 0.00793. The third kappa shape index (κ3) is 2.20. The van der Waals surface area contributed by atoms with Crippen LogP contribution in [-0.2, 0) is 28.3 Å². The quantitative estimate of drug-likeness (QED) is 0.499. The van der Waals surface area contributed by atoms with Crippen molar-refractivity contribution in [2.45, 2.75) is 32.1 Å². The number of phenolic OH excluding ortho intramolecular Hbond substituents is 1. The minimum Gasteiger partial charge on any atom is -0.504 e. The Balaban J connectivity index is 1.79. The van der Waals surface area contributed by atoms with Crippen LogP contribution in [0.3, 0.4) is 0 Å². The number of nitrogens with zero attached hydrogens (tertiary/aromatic N) is 2. The summed E-state index contributed by atoms with van der Waals surface area (Å²) in [5, 5.41) is 21.6. The molecule has 5 rings (SSSR count). The first kappa shape index (κ1) is 17.7. The molecule has 2 aromatic heterocycles. The summed E-state index contributed by atoms with van der Waals surface area (Å²) in [6.45, 7) is 1.79. The molecule has 0 saturated carbocycles. The van der Waals surface area contributed by atoms with E-state index in [1.165, 1.54) is 13.2 Å². The van der Waals surface area contributed by atoms with E-state index in [1.54, 1.807) is 23.6 Å². The Morgan fingerprint density at radius 3 is 2.83 bits per heavy atom. The second kappa shape index (κ2) is 5.81. The summed E-state index contributed by atoms with van der Waals surface area (Å²) < 4.78 is 11.9. The van der Waals surface area contributed by atoms with Crippen LogP contribution in [0.1, 0.15) is 30.0 Å². The zero-order chi connectivity index (χ0) is 20.5. The molecule has 0 bridgehead atoms. The van der Waals surface area contributed by atoms with Gasteiger partial charge in [0.15, 0.2) is 17.1 Å². The molecule has 2 aliphatic heterocycles. The maximum absolute atomic E-state index is 13.1. The van der Waals surface area contributed by atoms with Crippen molar-refractivity contribution in [1.29, 1.82) is 0 Å². The normalized spacial score (nSPS) is 19.5. The number of benzene rings is 1. The Labute approximate surface area is 165 Å². The molecule has 0 radical (unpaired) electrons. The molecule has 4 heterocycles. The van der Waals surface area contributed by atoms with E-state index >= 15 is 0 Å². The molecule has 29 heavy (non-hydrogen) atoms. The smallest absolute Gasteiger partial charge is 0.343 e. The molecule has 0 amide bonds. The van der Waals surface area contributed by atoms with Gasteiger partial charge < -0.3 is 24.3 Å². The average Bonchev–Trinajstić information content (AvgIpc) is 3.08. The second-order valence-corrected chi connectivity index (χ2v) is 7.28. The van der Waals surface area contributed by atoms with Crippen LogP contribution in [0, 0.1) is 0 Å². The van der Waals surface area contributed by atoms with Gasteiger partial charge in [-0.15, -0.1) is 0 Å². The van der Waals surface area contributed by atoms with E-state index in [2.05, 4.69) is 4.98 Å². The van der Waals surface area contributed by atoms with E-state index in [1.807, 2.05) is 6.07 Å². The van der Waals surface area contributed by atoms with Crippen LogP contribution in [0.25, 0.3) is 22.3 Å². The van der Waals surface area contributed by atoms with Gasteiger partial charge in [-0.3, -0.25) is 4.79 Å². The highest BCUT2D eigenvalue weighted by molar-refractivity contribution is 5.91. The lowest BCUT2D eigenvalue weighted by molar-refractivity contribution is -0.172. The van der Waals surface area contributed by atoms with Crippen LogP contribution < -0.4 is 10.3 Å². The van der Waals surface area contributed by atoms with Crippen molar-refractivity contribution in [1.82, 2.24) is 9.55 Å². The Kier molecular flexibility index (Phi) is 3.54. The number of pyridine rings is 2. The predicted octanol–water partition coefficient (Wildman–Crippen LogP) is 1.79. The van der Waals surface area contributed by atoms with Crippen LogP contribution in [0.4, 0.5) is 0 Å². The van der Waals surface area contributed by atoms with Gasteiger partial charge in [0.25, 0.3) is 5.56 Å². The van der Waals surface area contributed by atoms with Gasteiger partial charge >= 0.3 is 5.97 Å². The maximum atomic E-state index is 13.1. The number of ether oxygens (including phenoxy) is 2. The Bertz CT molecular complexity index is 1280. The molecule has 2 N–H and O–H groups in total. The van der Waals surface area contributed by atoms with Gasteiger partial charge in [-0.05, 0) is 30.7 Å². The number of cyclic esters (lactones) is 1. The molecule has 0 fully saturated rings. The van der Waals surface area contributed by atoms with Crippen LogP contribution in [0.15, 0.2) is 29.1 Å². The molecule has 0 unspecified atom stereocenters. The summed E-state index contributed by atoms with van der Waals surface area (Å²) >= 11 is 0. The Morgan fingerprint density at radius 2 is 2.10 bits per heavy atom. The fourth-order valence-electron chi connectivity index (χ4n) is 4.23. The van der Waals surface area contributed by atoms with Crippen LogP contribution >= 0.6 is 0 Å². The highest BCUT2D eigenvalue weighted by Gasteiger charge is 2.45. The van der Waals surface area contributed by atoms with Crippen LogP contribution in [0.2, 0.25) is 0 Å². The highest BCUT2D eigenvalue weighted by Crippen LogP contribution is 2.41. The number of methoxy groups -OCH3 is 1. The van der Waals surface area contributed by atoms with E-state index < -0.39 is 11.6 Å². The van der Waals surface area contributed by atoms with Crippen molar-refractivity contribution in [3.05, 3.63) is 51.3 Å². The Morgan fingerprint density at radius 1 is 1.31 bits per heavy atom. The molecular weight excluding hydrogens is 376 g/mol. The summed E-state index contributed by atoms with van der Waals surface area (Å²) in [6, 6.07) is 6.69. The molecule has 1 atom stereocenters. The third-order valence-electron chi connectivity index (χ3n) is 5.83. The van der Waals surface area contributed by atoms with Crippen LogP contribution in [0.5, 0.6) is 11.5 Å². The molecule has 8 nitrogen and oxygen atoms in total. The number of fused-ring (bicyclic) bond motifs is 5. The van der Waals surface area contributed by atoms with Crippen molar-refractivity contribution in [3.63, 3.8) is 0 Å². The number of carbonyl (C=O) groups excluding carboxylic acids is 1. The maximum Gasteiger partial charge on any atom is 0.343 e. The van der Waals surface area contributed by atoms with E-state index in [4.69, 9.17) is 9.47 Å². The monoisotopic (exact) mass is 394 g/mol. The van der Waals surface area contributed by atoms with Gasteiger partial charge in [-0.1, -0.05) is 6.92 Å². The summed E-state index contributed by atoms with van der Waals surface area (Å²) in [4.78, 5) is 30.0. The molecule has 0 saturated heterocycles. The van der Waals surface area contributed by atoms with Gasteiger partial charge in [-0.2, -0.15) is 0 Å². The first-order valence-corrected chi connectivity index (χ1v) is 9.25. The fourth-order valence-corrected chi connectivity index (χ4v) is 4.23. The van der Waals surface area contributed by atoms with E-state index in [9.17, 15) is 19.8 Å². The minimum atomic E-state index is -1.85. The van der Waals surface area contributed by atoms with Crippen molar-refractivity contribution < 1.29 is 24.5 Å². The molecule has 0 aliphatic carbocycles. The van der Waals surface area contributed by atoms with E-state index in [0.29, 0.717) is 28.0 Å². The van der Waals surface area contributed by atoms with Gasteiger partial charge in [0.05, 0.1) is 36.1 Å². The summed E-state index contributed by atoms with van der Waals surface area (Å²) in [6.07, 6.45) is 0.0935. The van der Waals surface area contributed by atoms with Gasteiger partial charge in [0.1, 0.15) is 6.61 Å². The van der Waals surface area contributed by atoms with Gasteiger partial charge in [-0.25, -0.2) is 9.78 Å². The van der Waals surface area contributed by atoms with Gasteiger partial charge in [0, 0.05) is 16.5 Å². The molecular formula is C21H18N2O6. The number of esters is 1. The standard InChI is InChI=1S/C21H18N2O6/c1-3-21(27)13-7-15-17-10(8-23(15)19(25)12(13)9-29-20(21)26)6-11-14(22-17)4-5-16(24)18(11)28-2/h4-7,24,27H,3,8-9H2,1-2H3/t21-/m1/s1. The number of aromatic nitrogens is 2. The van der Waals surface area contributed by atoms with Crippen molar-refractivity contribution in [2.24, 2.45) is 0 Å². The van der Waals surface area contributed by atoms with Crippen molar-refractivity contribution in [3.8, 4) is 22.9 Å². The fraction of sp³-hybridized carbons (Fsp3) is 0.286. The number of rotatable bonds is 2. The number of hydrogen-bond acceptors (Lipinski definition) is 7. The zero-order valence-corrected chi connectivity index (χ0v) is 15.9. The lowest BCUT2D eigenvalue weighted by Gasteiger charge is -2.31. The molecule has 0 spiro atoms. The summed E-state index contributed by atoms with van der Waals surface area (Å²) in [5.41, 5.74) is 0.929. The average molecular weight is 394 g/mol. The van der Waals surface area contributed by atoms with Crippen molar-refractivity contribution >= 4 is 16.9 Å². The number of phenols is 1. The second-order valence-electron chi connectivity index (χ2n) is 7.28. The first-order valence-electron chi connectivity index (χ1n) is 9.25. The summed E-state index contributed by atoms with van der Waals surface area (Å²) in [5.74, 6) is -0.421. The van der Waals surface area contributed by atoms with Gasteiger partial charge in [0.2, 0.25) is 0 Å². The number of carbonyl (C=O) groups is 1. The number of hydrogen-bond donors (Lipinski definition) is 2. The zero-order valence-electron chi connectivity index (χ0n) is 15.9. The predicted molar refractivity (Wildman–Crippen MR) is 103 cm³/mol. The topological polar surface area (TPSA) is 111 Å². The summed E-state index contributed by atoms with van der Waals surface area (Å²) in [7, 11) is 1.47. The first-order chi connectivity index (χ1) is 13.9. The van der Waals surface area contributed by atoms with Crippen LogP contribution in [-0.4, -0.2) is 32.8 Å². The molecule has 1 aromatic carbocycles. The Hall–Kier alpha value is -3.39. The SMILES string of the molecule is CC[C@]1(O)C(=O)OCc2c1cc1n(c2=O)Cc2cc3c(OC)c(O)ccc3nc2-1. The highest BCUT2D eigenvalue weighted by atomic mass is 16.6. The third-order valence-corrected chi connectivity index (χ3v) is 5.83. The number of aliphatic hydroxyl groups is 1. The largest absolute Gasteiger partial charge is 0.504 e. The lowest BCUT2D eigenvalue weighted by atomic mass is 9.86. The van der Waals surface area contributed by atoms with E-state index in [-0.39, 0.29) is 42.0 Å². The van der Waals surface area contributed by atoms with E-state index in [0.717, 1.165) is 5.56 Å². The molecule has 3 aromatic rings. The number of aromatic hydroxyl groups is 1. The molecule has 148 valence electrons. The van der Waals surface area contributed by atoms with Crippen molar-refractivity contribution in [2.75, 3.05) is 7.11 Å². The molecule has 8 heteroatoms.